The van der Waals surface area contributed by atoms with Crippen LogP contribution in [0.4, 0.5) is 11.5 Å². The first-order valence-electron chi connectivity index (χ1n) is 7.75. The van der Waals surface area contributed by atoms with Crippen LogP contribution in [0.5, 0.6) is 0 Å². The molecule has 0 aliphatic rings. The summed E-state index contributed by atoms with van der Waals surface area (Å²) in [6.07, 6.45) is 0. The number of anilines is 1. The van der Waals surface area contributed by atoms with Crippen LogP contribution in [0.25, 0.3) is 0 Å². The molecule has 1 aromatic heterocycles. The van der Waals surface area contributed by atoms with Crippen LogP contribution in [0.3, 0.4) is 0 Å². The molecular weight excluding hydrogens is 388 g/mol. The number of ether oxygens (including phenoxy) is 1. The van der Waals surface area contributed by atoms with Crippen LogP contribution in [-0.4, -0.2) is 40.2 Å². The zero-order chi connectivity index (χ0) is 20.8. The number of aryl methyl sites for hydroxylation is 1. The number of aliphatic hydroxyl groups is 1. The summed E-state index contributed by atoms with van der Waals surface area (Å²) in [4.78, 5) is 39.6. The number of nitrogens with one attached hydrogen (secondary N) is 1. The van der Waals surface area contributed by atoms with Crippen molar-refractivity contribution in [1.29, 1.82) is 0 Å². The molecule has 0 saturated heterocycles. The Balaban J connectivity index is 2.32. The molecule has 1 amide bonds. The van der Waals surface area contributed by atoms with Gasteiger partial charge in [-0.25, -0.2) is 14.6 Å². The maximum absolute atomic E-state index is 12.5. The number of carboxylic acids is 1. The zero-order valence-corrected chi connectivity index (χ0v) is 15.9. The first kappa shape index (κ1) is 20.7. The van der Waals surface area contributed by atoms with Crippen LogP contribution in [0.1, 0.15) is 32.0 Å². The van der Waals surface area contributed by atoms with E-state index in [9.17, 15) is 19.5 Å². The van der Waals surface area contributed by atoms with Crippen molar-refractivity contribution in [3.05, 3.63) is 51.2 Å². The van der Waals surface area contributed by atoms with E-state index in [0.29, 0.717) is 5.01 Å². The average molecular weight is 404 g/mol. The minimum atomic E-state index is -1.22. The van der Waals surface area contributed by atoms with Gasteiger partial charge < -0.3 is 20.3 Å². The van der Waals surface area contributed by atoms with Crippen molar-refractivity contribution in [2.45, 2.75) is 13.8 Å². The highest BCUT2D eigenvalue weighted by Crippen LogP contribution is 2.25. The largest absolute Gasteiger partial charge is 0.510 e. The third-order valence-electron chi connectivity index (χ3n) is 3.29. The van der Waals surface area contributed by atoms with Gasteiger partial charge in [0.05, 0.1) is 17.7 Å². The van der Waals surface area contributed by atoms with Gasteiger partial charge in [-0.15, -0.1) is 21.6 Å². The molecule has 0 unspecified atom stereocenters. The lowest BCUT2D eigenvalue weighted by Gasteiger charge is -2.05. The molecular formula is C17H16N4O6S. The predicted molar refractivity (Wildman–Crippen MR) is 100 cm³/mol. The summed E-state index contributed by atoms with van der Waals surface area (Å²) in [5, 5.41) is 29.3. The van der Waals surface area contributed by atoms with Gasteiger partial charge in [0, 0.05) is 0 Å². The topological polar surface area (TPSA) is 151 Å². The fourth-order valence-electron chi connectivity index (χ4n) is 2.04. The van der Waals surface area contributed by atoms with E-state index in [1.165, 1.54) is 32.2 Å². The molecule has 0 radical (unpaired) electrons. The van der Waals surface area contributed by atoms with Gasteiger partial charge in [0.15, 0.2) is 16.4 Å². The molecule has 0 saturated carbocycles. The predicted octanol–water partition coefficient (Wildman–Crippen LogP) is 3.45. The molecule has 3 N–H and O–H groups in total. The summed E-state index contributed by atoms with van der Waals surface area (Å²) in [6, 6.07) is 5.79. The van der Waals surface area contributed by atoms with Crippen LogP contribution in [0.2, 0.25) is 0 Å². The van der Waals surface area contributed by atoms with Gasteiger partial charge in [0.25, 0.3) is 5.91 Å². The van der Waals surface area contributed by atoms with Crippen molar-refractivity contribution in [2.75, 3.05) is 12.4 Å². The number of methoxy groups -OCH3 is 1. The van der Waals surface area contributed by atoms with Gasteiger partial charge in [-0.1, -0.05) is 12.1 Å². The quantitative estimate of drug-likeness (QED) is 0.289. The summed E-state index contributed by atoms with van der Waals surface area (Å²) in [6.45, 7) is 2.86. The summed E-state index contributed by atoms with van der Waals surface area (Å²) >= 11 is 1.03. The van der Waals surface area contributed by atoms with E-state index >= 15 is 0 Å². The van der Waals surface area contributed by atoms with Crippen molar-refractivity contribution in [3.63, 3.8) is 0 Å². The minimum absolute atomic E-state index is 0.00121. The van der Waals surface area contributed by atoms with Crippen molar-refractivity contribution in [3.8, 4) is 0 Å². The number of rotatable bonds is 6. The number of thiazole rings is 1. The lowest BCUT2D eigenvalue weighted by atomic mass is 10.2. The number of aromatic nitrogens is 1. The number of benzene rings is 1. The molecule has 2 rings (SSSR count). The maximum Gasteiger partial charge on any atom is 0.351 e. The van der Waals surface area contributed by atoms with E-state index in [4.69, 9.17) is 5.11 Å². The van der Waals surface area contributed by atoms with Gasteiger partial charge in [-0.05, 0) is 26.0 Å². The van der Waals surface area contributed by atoms with Gasteiger partial charge in [-0.2, -0.15) is 0 Å². The Morgan fingerprint density at radius 2 is 1.89 bits per heavy atom. The normalized spacial score (nSPS) is 11.8. The Hall–Kier alpha value is -3.60. The molecule has 0 aliphatic carbocycles. The zero-order valence-electron chi connectivity index (χ0n) is 15.1. The smallest absolute Gasteiger partial charge is 0.351 e. The number of carboxylic acid groups (broad SMARTS) is 1. The number of carbonyl (C=O) groups is 3. The second kappa shape index (κ2) is 8.86. The van der Waals surface area contributed by atoms with Crippen LogP contribution < -0.4 is 5.32 Å². The standard InChI is InChI=1S/C17H16N4O6S/c1-8(22)12(21-20-11-7-5-4-6-10(11)16(24)25)15(23)19-14-13(17(26)27-3)28-9(2)18-14/h4-7,22H,1-3H3,(H,19,23)(H,24,25)/b12-8-,21-20?. The van der Waals surface area contributed by atoms with Crippen LogP contribution in [-0.2, 0) is 9.53 Å². The Morgan fingerprint density at radius 1 is 1.21 bits per heavy atom. The lowest BCUT2D eigenvalue weighted by molar-refractivity contribution is -0.113. The maximum atomic E-state index is 12.5. The molecule has 0 spiro atoms. The number of allylic oxidation sites excluding steroid dienone is 1. The molecule has 146 valence electrons. The molecule has 0 aliphatic heterocycles. The van der Waals surface area contributed by atoms with Crippen LogP contribution in [0.15, 0.2) is 46.0 Å². The number of amides is 1. The number of hydrogen-bond acceptors (Lipinski definition) is 9. The lowest BCUT2D eigenvalue weighted by Crippen LogP contribution is -2.17. The molecule has 11 heteroatoms. The number of carbonyl (C=O) groups excluding carboxylic acids is 2. The minimum Gasteiger partial charge on any atom is -0.510 e. The first-order chi connectivity index (χ1) is 13.2. The SMILES string of the molecule is COC(=O)c1sc(C)nc1NC(=O)/C(N=Nc1ccccc1C(=O)O)=C(\C)O. The number of esters is 1. The van der Waals surface area contributed by atoms with Crippen molar-refractivity contribution >= 4 is 40.7 Å². The third-order valence-corrected chi connectivity index (χ3v) is 4.24. The number of nitrogens with zero attached hydrogens (tertiary/aromatic N) is 3. The van der Waals surface area contributed by atoms with Gasteiger partial charge in [-0.3, -0.25) is 4.79 Å². The third kappa shape index (κ3) is 4.76. The van der Waals surface area contributed by atoms with Gasteiger partial charge >= 0.3 is 11.9 Å². The Bertz CT molecular complexity index is 991. The molecule has 10 nitrogen and oxygen atoms in total. The van der Waals surface area contributed by atoms with Crippen LogP contribution >= 0.6 is 11.3 Å². The molecule has 0 fully saturated rings. The Kier molecular flexibility index (Phi) is 6.55. The highest BCUT2D eigenvalue weighted by Gasteiger charge is 2.22. The van der Waals surface area contributed by atoms with Crippen molar-refractivity contribution in [2.24, 2.45) is 10.2 Å². The Labute approximate surface area is 163 Å². The van der Waals surface area contributed by atoms with E-state index < -0.39 is 29.3 Å². The summed E-state index contributed by atoms with van der Waals surface area (Å²) < 4.78 is 4.64. The monoisotopic (exact) mass is 404 g/mol. The van der Waals surface area contributed by atoms with E-state index in [1.54, 1.807) is 13.0 Å². The van der Waals surface area contributed by atoms with Crippen molar-refractivity contribution < 1.29 is 29.3 Å². The molecule has 0 bridgehead atoms. The highest BCUT2D eigenvalue weighted by molar-refractivity contribution is 7.14. The van der Waals surface area contributed by atoms with E-state index in [2.05, 4.69) is 25.3 Å². The number of aliphatic hydroxyl groups excluding tert-OH is 1. The van der Waals surface area contributed by atoms with Gasteiger partial charge in [0.1, 0.15) is 11.4 Å². The van der Waals surface area contributed by atoms with E-state index in [-0.39, 0.29) is 21.9 Å². The fourth-order valence-corrected chi connectivity index (χ4v) is 2.83. The van der Waals surface area contributed by atoms with Gasteiger partial charge in [0.2, 0.25) is 0 Å². The Morgan fingerprint density at radius 3 is 2.50 bits per heavy atom. The molecule has 1 aromatic carbocycles. The molecule has 28 heavy (non-hydrogen) atoms. The highest BCUT2D eigenvalue weighted by atomic mass is 32.1. The van der Waals surface area contributed by atoms with Crippen molar-refractivity contribution in [1.82, 2.24) is 4.98 Å². The first-order valence-corrected chi connectivity index (χ1v) is 8.57. The molecule has 2 aromatic rings. The second-order valence-corrected chi connectivity index (χ2v) is 6.52. The van der Waals surface area contributed by atoms with Crippen LogP contribution in [0, 0.1) is 6.92 Å². The molecule has 1 heterocycles. The molecule has 0 atom stereocenters. The number of azo groups is 1. The average Bonchev–Trinajstić information content (AvgIpc) is 3.01. The van der Waals surface area contributed by atoms with E-state index in [0.717, 1.165) is 11.3 Å². The summed E-state index contributed by atoms with van der Waals surface area (Å²) in [5.74, 6) is -3.28. The number of hydrogen-bond donors (Lipinski definition) is 3. The summed E-state index contributed by atoms with van der Waals surface area (Å²) in [7, 11) is 1.19. The fraction of sp³-hybridized carbons (Fsp3) is 0.176. The second-order valence-electron chi connectivity index (χ2n) is 5.31. The number of aromatic carboxylic acids is 1. The summed E-state index contributed by atoms with van der Waals surface area (Å²) in [5.41, 5.74) is -0.590. The van der Waals surface area contributed by atoms with E-state index in [1.807, 2.05) is 0 Å².